The van der Waals surface area contributed by atoms with Gasteiger partial charge in [-0.25, -0.2) is 9.78 Å². The van der Waals surface area contributed by atoms with E-state index in [9.17, 15) is 9.59 Å². The van der Waals surface area contributed by atoms with Crippen LogP contribution in [0.15, 0.2) is 53.9 Å². The largest absolute Gasteiger partial charge is 0.456 e. The van der Waals surface area contributed by atoms with Crippen molar-refractivity contribution < 1.29 is 14.3 Å². The molecule has 0 aliphatic heterocycles. The second kappa shape index (κ2) is 8.46. The van der Waals surface area contributed by atoms with Gasteiger partial charge >= 0.3 is 5.97 Å². The van der Waals surface area contributed by atoms with E-state index in [1.807, 2.05) is 36.6 Å². The average Bonchev–Trinajstić information content (AvgIpc) is 3.09. The molecule has 2 N–H and O–H groups in total. The van der Waals surface area contributed by atoms with E-state index < -0.39 is 5.97 Å². The number of anilines is 3. The Bertz CT molecular complexity index is 951. The predicted molar refractivity (Wildman–Crippen MR) is 106 cm³/mol. The molecule has 0 spiro atoms. The van der Waals surface area contributed by atoms with Crippen molar-refractivity contribution >= 4 is 39.7 Å². The fraction of sp³-hybridized carbons (Fsp3) is 0.150. The molecule has 0 bridgehead atoms. The van der Waals surface area contributed by atoms with Gasteiger partial charge in [-0.2, -0.15) is 0 Å². The number of amides is 1. The van der Waals surface area contributed by atoms with Gasteiger partial charge in [0.1, 0.15) is 6.61 Å². The highest BCUT2D eigenvalue weighted by Gasteiger charge is 2.10. The Hall–Kier alpha value is -3.19. The Morgan fingerprint density at radius 3 is 2.63 bits per heavy atom. The molecule has 7 heteroatoms. The molecule has 138 valence electrons. The molecule has 0 fully saturated rings. The third kappa shape index (κ3) is 5.39. The first-order valence-corrected chi connectivity index (χ1v) is 9.20. The Morgan fingerprint density at radius 1 is 1.11 bits per heavy atom. The van der Waals surface area contributed by atoms with Crippen molar-refractivity contribution in [2.24, 2.45) is 0 Å². The fourth-order valence-electron chi connectivity index (χ4n) is 2.34. The summed E-state index contributed by atoms with van der Waals surface area (Å²) in [5.74, 6) is -0.667. The minimum Gasteiger partial charge on any atom is -0.456 e. The minimum atomic E-state index is -0.469. The fourth-order valence-corrected chi connectivity index (χ4v) is 3.06. The molecular formula is C20H19N3O3S. The molecule has 0 saturated carbocycles. The molecule has 1 amide bonds. The van der Waals surface area contributed by atoms with Gasteiger partial charge in [0.15, 0.2) is 5.13 Å². The Morgan fingerprint density at radius 2 is 1.89 bits per heavy atom. The van der Waals surface area contributed by atoms with E-state index in [0.717, 1.165) is 10.8 Å². The second-order valence-corrected chi connectivity index (χ2v) is 6.83. The zero-order valence-corrected chi connectivity index (χ0v) is 15.8. The van der Waals surface area contributed by atoms with Gasteiger partial charge in [0.2, 0.25) is 5.91 Å². The maximum Gasteiger partial charge on any atom is 0.338 e. The quantitative estimate of drug-likeness (QED) is 0.614. The zero-order valence-electron chi connectivity index (χ0n) is 15.0. The van der Waals surface area contributed by atoms with Crippen LogP contribution in [0.3, 0.4) is 0 Å². The third-order valence-electron chi connectivity index (χ3n) is 3.62. The molecule has 2 aromatic carbocycles. The van der Waals surface area contributed by atoms with Crippen molar-refractivity contribution in [3.8, 4) is 0 Å². The maximum absolute atomic E-state index is 12.2. The summed E-state index contributed by atoms with van der Waals surface area (Å²) < 4.78 is 5.32. The first kappa shape index (κ1) is 18.6. The van der Waals surface area contributed by atoms with Gasteiger partial charge in [0.25, 0.3) is 0 Å². The molecule has 0 saturated heterocycles. The number of thiazole rings is 1. The number of benzene rings is 2. The highest BCUT2D eigenvalue weighted by Crippen LogP contribution is 2.22. The topological polar surface area (TPSA) is 80.3 Å². The Balaban J connectivity index is 1.57. The van der Waals surface area contributed by atoms with Crippen molar-refractivity contribution in [2.75, 3.05) is 10.6 Å². The molecule has 27 heavy (non-hydrogen) atoms. The van der Waals surface area contributed by atoms with E-state index in [0.29, 0.717) is 16.9 Å². The summed E-state index contributed by atoms with van der Waals surface area (Å²) in [6.45, 7) is 3.52. The first-order valence-electron chi connectivity index (χ1n) is 8.32. The Kier molecular flexibility index (Phi) is 5.83. The summed E-state index contributed by atoms with van der Waals surface area (Å²) in [5.41, 5.74) is 3.73. The number of aryl methyl sites for hydroxylation is 1. The number of carbonyl (C=O) groups excluding carboxylic acids is 2. The molecular weight excluding hydrogens is 362 g/mol. The van der Waals surface area contributed by atoms with E-state index >= 15 is 0 Å². The lowest BCUT2D eigenvalue weighted by Gasteiger charge is -2.06. The predicted octanol–water partition coefficient (Wildman–Crippen LogP) is 4.51. The van der Waals surface area contributed by atoms with E-state index in [1.54, 1.807) is 24.3 Å². The molecule has 0 aliphatic rings. The molecule has 1 heterocycles. The molecule has 0 unspecified atom stereocenters. The van der Waals surface area contributed by atoms with Gasteiger partial charge in [-0.05, 0) is 37.3 Å². The summed E-state index contributed by atoms with van der Waals surface area (Å²) in [7, 11) is 0. The molecule has 3 rings (SSSR count). The number of hydrogen-bond donors (Lipinski definition) is 2. The van der Waals surface area contributed by atoms with Gasteiger partial charge < -0.3 is 15.4 Å². The normalized spacial score (nSPS) is 10.3. The molecule has 0 aliphatic carbocycles. The third-order valence-corrected chi connectivity index (χ3v) is 4.43. The van der Waals surface area contributed by atoms with E-state index in [2.05, 4.69) is 15.6 Å². The first-order chi connectivity index (χ1) is 13.0. The zero-order chi connectivity index (χ0) is 19.2. The van der Waals surface area contributed by atoms with Crippen molar-refractivity contribution in [1.29, 1.82) is 0 Å². The number of nitrogens with one attached hydrogen (secondary N) is 2. The monoisotopic (exact) mass is 381 g/mol. The molecule has 0 atom stereocenters. The highest BCUT2D eigenvalue weighted by atomic mass is 32.1. The van der Waals surface area contributed by atoms with Gasteiger partial charge in [-0.15, -0.1) is 11.3 Å². The summed E-state index contributed by atoms with van der Waals surface area (Å²) in [6.07, 6.45) is 0. The van der Waals surface area contributed by atoms with Crippen LogP contribution in [0.2, 0.25) is 0 Å². The van der Waals surface area contributed by atoms with Crippen LogP contribution in [0.1, 0.15) is 28.5 Å². The summed E-state index contributed by atoms with van der Waals surface area (Å²) >= 11 is 1.44. The van der Waals surface area contributed by atoms with Crippen molar-refractivity contribution in [2.45, 2.75) is 20.5 Å². The highest BCUT2D eigenvalue weighted by molar-refractivity contribution is 7.13. The number of nitrogens with zero attached hydrogens (tertiary/aromatic N) is 1. The van der Waals surface area contributed by atoms with Crippen molar-refractivity contribution in [1.82, 2.24) is 4.98 Å². The van der Waals surface area contributed by atoms with Crippen LogP contribution in [0.4, 0.5) is 16.5 Å². The lowest BCUT2D eigenvalue weighted by atomic mass is 10.2. The smallest absolute Gasteiger partial charge is 0.338 e. The second-order valence-electron chi connectivity index (χ2n) is 5.97. The number of rotatable bonds is 6. The van der Waals surface area contributed by atoms with Crippen LogP contribution in [0.25, 0.3) is 0 Å². The number of carbonyl (C=O) groups is 2. The average molecular weight is 381 g/mol. The molecule has 0 radical (unpaired) electrons. The van der Waals surface area contributed by atoms with Gasteiger partial charge in [0, 0.05) is 23.7 Å². The van der Waals surface area contributed by atoms with Crippen LogP contribution in [0.5, 0.6) is 0 Å². The standard InChI is InChI=1S/C20H19N3O3S/c1-13-6-8-16(9-7-13)22-20-23-18(12-27-20)11-26-19(25)15-4-3-5-17(10-15)21-14(2)24/h3-10,12H,11H2,1-2H3,(H,21,24)(H,22,23). The van der Waals surface area contributed by atoms with Gasteiger partial charge in [-0.1, -0.05) is 23.8 Å². The van der Waals surface area contributed by atoms with Crippen LogP contribution in [0, 0.1) is 6.92 Å². The molecule has 1 aromatic heterocycles. The number of ether oxygens (including phenoxy) is 1. The van der Waals surface area contributed by atoms with Crippen LogP contribution >= 0.6 is 11.3 Å². The summed E-state index contributed by atoms with van der Waals surface area (Å²) in [4.78, 5) is 27.7. The summed E-state index contributed by atoms with van der Waals surface area (Å²) in [5, 5.41) is 8.44. The van der Waals surface area contributed by atoms with Crippen molar-refractivity contribution in [3.05, 3.63) is 70.7 Å². The summed E-state index contributed by atoms with van der Waals surface area (Å²) in [6, 6.07) is 14.6. The Labute approximate surface area is 161 Å². The minimum absolute atomic E-state index is 0.0786. The van der Waals surface area contributed by atoms with Crippen LogP contribution in [-0.2, 0) is 16.1 Å². The number of aromatic nitrogens is 1. The number of esters is 1. The van der Waals surface area contributed by atoms with Gasteiger partial charge in [-0.3, -0.25) is 4.79 Å². The lowest BCUT2D eigenvalue weighted by Crippen LogP contribution is -2.09. The van der Waals surface area contributed by atoms with E-state index in [-0.39, 0.29) is 12.5 Å². The molecule has 3 aromatic rings. The maximum atomic E-state index is 12.2. The van der Waals surface area contributed by atoms with Gasteiger partial charge in [0.05, 0.1) is 11.3 Å². The van der Waals surface area contributed by atoms with E-state index in [1.165, 1.54) is 23.8 Å². The molecule has 6 nitrogen and oxygen atoms in total. The van der Waals surface area contributed by atoms with E-state index in [4.69, 9.17) is 4.74 Å². The number of hydrogen-bond acceptors (Lipinski definition) is 6. The van der Waals surface area contributed by atoms with Crippen LogP contribution in [-0.4, -0.2) is 16.9 Å². The van der Waals surface area contributed by atoms with Crippen LogP contribution < -0.4 is 10.6 Å². The SMILES string of the molecule is CC(=O)Nc1cccc(C(=O)OCc2csc(Nc3ccc(C)cc3)n2)c1. The van der Waals surface area contributed by atoms with Crippen molar-refractivity contribution in [3.63, 3.8) is 0 Å². The lowest BCUT2D eigenvalue weighted by molar-refractivity contribution is -0.114.